The summed E-state index contributed by atoms with van der Waals surface area (Å²) < 4.78 is 1.77. The third kappa shape index (κ3) is 3.48. The van der Waals surface area contributed by atoms with Gasteiger partial charge in [-0.3, -0.25) is 4.68 Å². The third-order valence-corrected chi connectivity index (χ3v) is 4.99. The number of hydrogen-bond donors (Lipinski definition) is 1. The summed E-state index contributed by atoms with van der Waals surface area (Å²) in [6.45, 7) is 2.64. The Kier molecular flexibility index (Phi) is 4.45. The first-order valence-corrected chi connectivity index (χ1v) is 9.07. The highest BCUT2D eigenvalue weighted by atomic mass is 32.1. The van der Waals surface area contributed by atoms with Crippen LogP contribution in [0.3, 0.4) is 0 Å². The maximum Gasteiger partial charge on any atom is 0.223 e. The molecule has 1 aromatic carbocycles. The van der Waals surface area contributed by atoms with Gasteiger partial charge in [0, 0.05) is 41.6 Å². The molecule has 130 valence electrons. The van der Waals surface area contributed by atoms with E-state index in [9.17, 15) is 0 Å². The lowest BCUT2D eigenvalue weighted by atomic mass is 10.1. The van der Waals surface area contributed by atoms with Crippen molar-refractivity contribution in [3.05, 3.63) is 65.6 Å². The van der Waals surface area contributed by atoms with Crippen LogP contribution in [0.5, 0.6) is 0 Å². The van der Waals surface area contributed by atoms with Crippen molar-refractivity contribution in [1.82, 2.24) is 24.7 Å². The van der Waals surface area contributed by atoms with Crippen molar-refractivity contribution in [2.45, 2.75) is 13.5 Å². The molecule has 1 N–H and O–H groups in total. The molecule has 7 heteroatoms. The van der Waals surface area contributed by atoms with Gasteiger partial charge in [-0.1, -0.05) is 30.3 Å². The molecule has 0 amide bonds. The second kappa shape index (κ2) is 7.05. The fourth-order valence-corrected chi connectivity index (χ4v) is 3.49. The summed E-state index contributed by atoms with van der Waals surface area (Å²) in [5.41, 5.74) is 4.03. The third-order valence-electron chi connectivity index (χ3n) is 3.95. The minimum atomic E-state index is 0.601. The second-order valence-corrected chi connectivity index (χ2v) is 7.09. The zero-order valence-electron chi connectivity index (χ0n) is 14.5. The largest absolute Gasteiger partial charge is 0.349 e. The second-order valence-electron chi connectivity index (χ2n) is 5.98. The van der Waals surface area contributed by atoms with Gasteiger partial charge in [0.25, 0.3) is 0 Å². The van der Waals surface area contributed by atoms with E-state index in [1.807, 2.05) is 57.0 Å². The topological polar surface area (TPSA) is 68.5 Å². The van der Waals surface area contributed by atoms with Gasteiger partial charge in [0.15, 0.2) is 0 Å². The van der Waals surface area contributed by atoms with Gasteiger partial charge in [-0.05, 0) is 12.5 Å². The maximum atomic E-state index is 4.64. The summed E-state index contributed by atoms with van der Waals surface area (Å²) in [6, 6.07) is 10.2. The summed E-state index contributed by atoms with van der Waals surface area (Å²) in [6.07, 6.45) is 7.50. The van der Waals surface area contributed by atoms with Crippen LogP contribution in [0.25, 0.3) is 21.8 Å². The van der Waals surface area contributed by atoms with Crippen molar-refractivity contribution in [1.29, 1.82) is 0 Å². The van der Waals surface area contributed by atoms with Crippen LogP contribution in [0.2, 0.25) is 0 Å². The standard InChI is InChI=1S/C19H18N6S/c1-13-8-21-19(24-17(13)15-9-23-25(2)12-15)22-11-16-10-20-18(26-16)14-6-4-3-5-7-14/h3-10,12H,11H2,1-2H3,(H,21,22,24). The highest BCUT2D eigenvalue weighted by molar-refractivity contribution is 7.15. The molecule has 0 saturated carbocycles. The Labute approximate surface area is 155 Å². The van der Waals surface area contributed by atoms with Gasteiger partial charge in [0.05, 0.1) is 18.4 Å². The van der Waals surface area contributed by atoms with Crippen LogP contribution >= 0.6 is 11.3 Å². The molecule has 6 nitrogen and oxygen atoms in total. The van der Waals surface area contributed by atoms with Crippen LogP contribution in [0, 0.1) is 6.92 Å². The highest BCUT2D eigenvalue weighted by Crippen LogP contribution is 2.25. The average molecular weight is 362 g/mol. The Balaban J connectivity index is 1.49. The van der Waals surface area contributed by atoms with Crippen LogP contribution in [-0.2, 0) is 13.6 Å². The Bertz CT molecular complexity index is 1020. The lowest BCUT2D eigenvalue weighted by molar-refractivity contribution is 0.768. The van der Waals surface area contributed by atoms with E-state index >= 15 is 0 Å². The van der Waals surface area contributed by atoms with E-state index in [2.05, 4.69) is 37.5 Å². The predicted octanol–water partition coefficient (Wildman–Crippen LogP) is 3.92. The summed E-state index contributed by atoms with van der Waals surface area (Å²) in [4.78, 5) is 14.7. The number of aryl methyl sites for hydroxylation is 2. The van der Waals surface area contributed by atoms with Gasteiger partial charge >= 0.3 is 0 Å². The van der Waals surface area contributed by atoms with Crippen LogP contribution in [-0.4, -0.2) is 24.7 Å². The van der Waals surface area contributed by atoms with Crippen LogP contribution in [0.15, 0.2) is 55.1 Å². The molecule has 0 atom stereocenters. The molecule has 0 fully saturated rings. The lowest BCUT2D eigenvalue weighted by Gasteiger charge is -2.07. The zero-order valence-corrected chi connectivity index (χ0v) is 15.4. The molecule has 0 aliphatic carbocycles. The Morgan fingerprint density at radius 3 is 2.65 bits per heavy atom. The molecule has 3 aromatic heterocycles. The summed E-state index contributed by atoms with van der Waals surface area (Å²) in [7, 11) is 1.90. The van der Waals surface area contributed by atoms with E-state index in [0.717, 1.165) is 32.3 Å². The Morgan fingerprint density at radius 1 is 1.04 bits per heavy atom. The molecule has 0 saturated heterocycles. The SMILES string of the molecule is Cc1cnc(NCc2cnc(-c3ccccc3)s2)nc1-c1cnn(C)c1. The molecule has 0 aliphatic heterocycles. The number of benzene rings is 1. The van der Waals surface area contributed by atoms with Gasteiger partial charge < -0.3 is 5.32 Å². The minimum Gasteiger partial charge on any atom is -0.349 e. The van der Waals surface area contributed by atoms with E-state index in [1.54, 1.807) is 16.0 Å². The van der Waals surface area contributed by atoms with E-state index in [0.29, 0.717) is 12.5 Å². The molecular formula is C19H18N6S. The van der Waals surface area contributed by atoms with Crippen LogP contribution in [0.4, 0.5) is 5.95 Å². The molecule has 0 aliphatic rings. The normalized spacial score (nSPS) is 10.8. The Morgan fingerprint density at radius 2 is 1.88 bits per heavy atom. The smallest absolute Gasteiger partial charge is 0.223 e. The van der Waals surface area contributed by atoms with Crippen LogP contribution < -0.4 is 5.32 Å². The minimum absolute atomic E-state index is 0.601. The first-order valence-electron chi connectivity index (χ1n) is 8.26. The highest BCUT2D eigenvalue weighted by Gasteiger charge is 2.09. The fraction of sp³-hybridized carbons (Fsp3) is 0.158. The summed E-state index contributed by atoms with van der Waals surface area (Å²) >= 11 is 1.67. The molecule has 4 aromatic rings. The Hall–Kier alpha value is -3.06. The number of nitrogens with one attached hydrogen (secondary N) is 1. The monoisotopic (exact) mass is 362 g/mol. The zero-order chi connectivity index (χ0) is 17.9. The van der Waals surface area contributed by atoms with Crippen molar-refractivity contribution in [3.8, 4) is 21.8 Å². The van der Waals surface area contributed by atoms with Gasteiger partial charge in [-0.2, -0.15) is 5.10 Å². The molecule has 0 spiro atoms. The average Bonchev–Trinajstić information content (AvgIpc) is 3.31. The van der Waals surface area contributed by atoms with Crippen molar-refractivity contribution in [2.75, 3.05) is 5.32 Å². The van der Waals surface area contributed by atoms with Crippen LogP contribution in [0.1, 0.15) is 10.4 Å². The number of anilines is 1. The predicted molar refractivity (Wildman–Crippen MR) is 104 cm³/mol. The fourth-order valence-electron chi connectivity index (χ4n) is 2.63. The number of thiazole rings is 1. The van der Waals surface area contributed by atoms with Gasteiger partial charge in [-0.15, -0.1) is 11.3 Å². The maximum absolute atomic E-state index is 4.64. The quantitative estimate of drug-likeness (QED) is 0.583. The van der Waals surface area contributed by atoms with Crippen molar-refractivity contribution in [2.24, 2.45) is 7.05 Å². The van der Waals surface area contributed by atoms with Gasteiger partial charge in [0.1, 0.15) is 5.01 Å². The van der Waals surface area contributed by atoms with Crippen molar-refractivity contribution in [3.63, 3.8) is 0 Å². The first-order chi connectivity index (χ1) is 12.7. The lowest BCUT2D eigenvalue weighted by Crippen LogP contribution is -2.03. The molecule has 0 bridgehead atoms. The van der Waals surface area contributed by atoms with Gasteiger partial charge in [-0.25, -0.2) is 15.0 Å². The molecular weight excluding hydrogens is 344 g/mol. The number of hydrogen-bond acceptors (Lipinski definition) is 6. The number of nitrogens with zero attached hydrogens (tertiary/aromatic N) is 5. The van der Waals surface area contributed by atoms with E-state index < -0.39 is 0 Å². The molecule has 3 heterocycles. The van der Waals surface area contributed by atoms with Crippen molar-refractivity contribution >= 4 is 17.3 Å². The number of rotatable bonds is 5. The van der Waals surface area contributed by atoms with Crippen molar-refractivity contribution < 1.29 is 0 Å². The summed E-state index contributed by atoms with van der Waals surface area (Å²) in [5, 5.41) is 8.53. The molecule has 0 unspecified atom stereocenters. The van der Waals surface area contributed by atoms with E-state index in [4.69, 9.17) is 0 Å². The van der Waals surface area contributed by atoms with E-state index in [-0.39, 0.29) is 0 Å². The molecule has 26 heavy (non-hydrogen) atoms. The summed E-state index contributed by atoms with van der Waals surface area (Å²) in [5.74, 6) is 0.601. The molecule has 0 radical (unpaired) electrons. The molecule has 4 rings (SSSR count). The van der Waals surface area contributed by atoms with E-state index in [1.165, 1.54) is 0 Å². The first kappa shape index (κ1) is 16.4. The number of aromatic nitrogens is 5. The van der Waals surface area contributed by atoms with Gasteiger partial charge in [0.2, 0.25) is 5.95 Å².